The molecular weight excluding hydrogens is 312 g/mol. The Balaban J connectivity index is 0.000000181. The molecule has 0 bridgehead atoms. The minimum Gasteiger partial charge on any atom is -0.384 e. The van der Waals surface area contributed by atoms with Crippen LogP contribution in [0.3, 0.4) is 0 Å². The van der Waals surface area contributed by atoms with Gasteiger partial charge in [-0.05, 0) is 6.42 Å². The van der Waals surface area contributed by atoms with Crippen LogP contribution in [-0.4, -0.2) is 80.8 Å². The Morgan fingerprint density at radius 2 is 1.42 bits per heavy atom. The molecule has 3 aliphatic rings. The zero-order valence-corrected chi connectivity index (χ0v) is 16.1. The third-order valence-corrected chi connectivity index (χ3v) is 4.52. The molecule has 3 aliphatic heterocycles. The zero-order chi connectivity index (χ0) is 17.9. The van der Waals surface area contributed by atoms with Gasteiger partial charge in [0.15, 0.2) is 0 Å². The molecule has 3 rings (SSSR count). The molecule has 144 valence electrons. The Bertz CT molecular complexity index is 305. The molecule has 0 aromatic heterocycles. The molecule has 0 amide bonds. The molecule has 0 N–H and O–H groups in total. The van der Waals surface area contributed by atoms with Crippen LogP contribution in [-0.2, 0) is 28.4 Å². The quantitative estimate of drug-likeness (QED) is 0.701. The first-order valence-electron chi connectivity index (χ1n) is 8.73. The predicted octanol–water partition coefficient (Wildman–Crippen LogP) is 2.01. The van der Waals surface area contributed by atoms with Crippen LogP contribution < -0.4 is 0 Å². The van der Waals surface area contributed by atoms with E-state index in [1.807, 2.05) is 0 Å². The van der Waals surface area contributed by atoms with E-state index in [1.165, 1.54) is 6.42 Å². The number of hydrogen-bond donors (Lipinski definition) is 0. The summed E-state index contributed by atoms with van der Waals surface area (Å²) in [5.74, 6) is 0.685. The minimum absolute atomic E-state index is 0.328. The molecule has 0 saturated carbocycles. The normalized spacial score (nSPS) is 23.4. The highest BCUT2D eigenvalue weighted by molar-refractivity contribution is 4.83. The maximum atomic E-state index is 5.10. The van der Waals surface area contributed by atoms with Crippen LogP contribution in [0.15, 0.2) is 0 Å². The van der Waals surface area contributed by atoms with E-state index in [9.17, 15) is 0 Å². The van der Waals surface area contributed by atoms with E-state index in [2.05, 4.69) is 13.8 Å². The summed E-state index contributed by atoms with van der Waals surface area (Å²) in [6.07, 6.45) is 1.17. The molecule has 0 unspecified atom stereocenters. The molecule has 0 aliphatic carbocycles. The summed E-state index contributed by atoms with van der Waals surface area (Å²) in [6.45, 7) is 12.2. The van der Waals surface area contributed by atoms with Gasteiger partial charge < -0.3 is 28.4 Å². The second-order valence-corrected chi connectivity index (χ2v) is 7.37. The Kier molecular flexibility index (Phi) is 10.3. The zero-order valence-electron chi connectivity index (χ0n) is 16.1. The van der Waals surface area contributed by atoms with E-state index in [0.717, 1.165) is 59.5 Å². The molecular formula is C18H36O6. The first-order chi connectivity index (χ1) is 11.5. The van der Waals surface area contributed by atoms with Crippen molar-refractivity contribution in [3.05, 3.63) is 0 Å². The lowest BCUT2D eigenvalue weighted by atomic mass is 9.84. The third-order valence-electron chi connectivity index (χ3n) is 4.52. The average Bonchev–Trinajstić information content (AvgIpc) is 2.47. The van der Waals surface area contributed by atoms with Crippen LogP contribution >= 0.6 is 0 Å². The van der Waals surface area contributed by atoms with Crippen molar-refractivity contribution in [2.45, 2.75) is 20.3 Å². The largest absolute Gasteiger partial charge is 0.384 e. The molecule has 0 atom stereocenters. The second-order valence-electron chi connectivity index (χ2n) is 7.37. The molecule has 0 aromatic rings. The molecule has 0 spiro atoms. The van der Waals surface area contributed by atoms with Crippen molar-refractivity contribution in [2.75, 3.05) is 80.8 Å². The van der Waals surface area contributed by atoms with Gasteiger partial charge in [0.25, 0.3) is 0 Å². The SMILES string of the molecule is CCC1(COC)COC1.COCC1(C)COC1.COCC1COC1. The van der Waals surface area contributed by atoms with E-state index in [-0.39, 0.29) is 0 Å². The Hall–Kier alpha value is -0.240. The molecule has 24 heavy (non-hydrogen) atoms. The van der Waals surface area contributed by atoms with E-state index >= 15 is 0 Å². The lowest BCUT2D eigenvalue weighted by molar-refractivity contribution is -0.144. The molecule has 3 saturated heterocycles. The first kappa shape index (κ1) is 21.8. The molecule has 0 radical (unpaired) electrons. The predicted molar refractivity (Wildman–Crippen MR) is 92.4 cm³/mol. The lowest BCUT2D eigenvalue weighted by Gasteiger charge is -2.39. The van der Waals surface area contributed by atoms with Gasteiger partial charge in [0, 0.05) is 38.1 Å². The van der Waals surface area contributed by atoms with Gasteiger partial charge in [-0.2, -0.15) is 0 Å². The number of hydrogen-bond acceptors (Lipinski definition) is 6. The second kappa shape index (κ2) is 11.4. The molecule has 6 nitrogen and oxygen atoms in total. The highest BCUT2D eigenvalue weighted by Gasteiger charge is 2.36. The molecule has 6 heteroatoms. The summed E-state index contributed by atoms with van der Waals surface area (Å²) in [6, 6.07) is 0. The van der Waals surface area contributed by atoms with Gasteiger partial charge in [0.2, 0.25) is 0 Å². The van der Waals surface area contributed by atoms with Gasteiger partial charge >= 0.3 is 0 Å². The fourth-order valence-corrected chi connectivity index (χ4v) is 2.59. The fraction of sp³-hybridized carbons (Fsp3) is 1.00. The Labute approximate surface area is 147 Å². The Morgan fingerprint density at radius 3 is 1.54 bits per heavy atom. The minimum atomic E-state index is 0.328. The standard InChI is InChI=1S/C7H14O2.C6H12O2.C5H10O2/c1-3-7(4-8-2)5-9-6-7;1-6(3-7-2)4-8-5-6;1-6-2-5-3-7-4-5/h3-6H2,1-2H3;3-5H2,1-2H3;5H,2-4H2,1H3. The van der Waals surface area contributed by atoms with E-state index in [4.69, 9.17) is 28.4 Å². The highest BCUT2D eigenvalue weighted by atomic mass is 16.5. The van der Waals surface area contributed by atoms with Crippen LogP contribution in [0.1, 0.15) is 20.3 Å². The van der Waals surface area contributed by atoms with Crippen molar-refractivity contribution >= 4 is 0 Å². The maximum Gasteiger partial charge on any atom is 0.0566 e. The maximum absolute atomic E-state index is 5.10. The summed E-state index contributed by atoms with van der Waals surface area (Å²) in [4.78, 5) is 0. The number of ether oxygens (including phenoxy) is 6. The van der Waals surface area contributed by atoms with Crippen LogP contribution in [0.4, 0.5) is 0 Å². The first-order valence-corrected chi connectivity index (χ1v) is 8.73. The highest BCUT2D eigenvalue weighted by Crippen LogP contribution is 2.30. The van der Waals surface area contributed by atoms with Crippen LogP contribution in [0.25, 0.3) is 0 Å². The number of methoxy groups -OCH3 is 3. The van der Waals surface area contributed by atoms with Crippen molar-refractivity contribution in [1.82, 2.24) is 0 Å². The molecule has 3 heterocycles. The molecule has 0 aromatic carbocycles. The van der Waals surface area contributed by atoms with E-state index < -0.39 is 0 Å². The lowest BCUT2D eigenvalue weighted by Crippen LogP contribution is -2.45. The monoisotopic (exact) mass is 348 g/mol. The summed E-state index contributed by atoms with van der Waals surface area (Å²) in [7, 11) is 5.19. The van der Waals surface area contributed by atoms with Gasteiger partial charge in [0.1, 0.15) is 0 Å². The summed E-state index contributed by atoms with van der Waals surface area (Å²) < 4.78 is 29.9. The fourth-order valence-electron chi connectivity index (χ4n) is 2.59. The van der Waals surface area contributed by atoms with Crippen molar-refractivity contribution in [1.29, 1.82) is 0 Å². The van der Waals surface area contributed by atoms with Crippen molar-refractivity contribution < 1.29 is 28.4 Å². The van der Waals surface area contributed by atoms with Gasteiger partial charge in [-0.3, -0.25) is 0 Å². The summed E-state index contributed by atoms with van der Waals surface area (Å²) in [5.41, 5.74) is 0.698. The van der Waals surface area contributed by atoms with Gasteiger partial charge in [-0.15, -0.1) is 0 Å². The van der Waals surface area contributed by atoms with Crippen molar-refractivity contribution in [2.24, 2.45) is 16.7 Å². The van der Waals surface area contributed by atoms with Crippen molar-refractivity contribution in [3.8, 4) is 0 Å². The van der Waals surface area contributed by atoms with Crippen LogP contribution in [0.5, 0.6) is 0 Å². The summed E-state index contributed by atoms with van der Waals surface area (Å²) >= 11 is 0. The Morgan fingerprint density at radius 1 is 0.833 bits per heavy atom. The van der Waals surface area contributed by atoms with Crippen molar-refractivity contribution in [3.63, 3.8) is 0 Å². The van der Waals surface area contributed by atoms with Gasteiger partial charge in [-0.1, -0.05) is 13.8 Å². The summed E-state index contributed by atoms with van der Waals surface area (Å²) in [5, 5.41) is 0. The third kappa shape index (κ3) is 7.33. The topological polar surface area (TPSA) is 55.4 Å². The molecule has 3 fully saturated rings. The van der Waals surface area contributed by atoms with Crippen LogP contribution in [0.2, 0.25) is 0 Å². The van der Waals surface area contributed by atoms with Gasteiger partial charge in [-0.25, -0.2) is 0 Å². The van der Waals surface area contributed by atoms with Crippen LogP contribution in [0, 0.1) is 16.7 Å². The van der Waals surface area contributed by atoms with Gasteiger partial charge in [0.05, 0.1) is 59.5 Å². The smallest absolute Gasteiger partial charge is 0.0566 e. The average molecular weight is 348 g/mol. The number of rotatable bonds is 7. The van der Waals surface area contributed by atoms with E-state index in [1.54, 1.807) is 21.3 Å². The van der Waals surface area contributed by atoms with E-state index in [0.29, 0.717) is 16.7 Å².